The number of amides is 1. The Labute approximate surface area is 113 Å². The number of nitrogens with zero attached hydrogens (tertiary/aromatic N) is 1. The molecule has 0 aliphatic carbocycles. The zero-order chi connectivity index (χ0) is 13.8. The van der Waals surface area contributed by atoms with Gasteiger partial charge in [-0.2, -0.15) is 0 Å². The first kappa shape index (κ1) is 13.2. The molecule has 0 unspecified atom stereocenters. The molecule has 0 saturated carbocycles. The Morgan fingerprint density at radius 1 is 1.21 bits per heavy atom. The fourth-order valence-electron chi connectivity index (χ4n) is 1.78. The van der Waals surface area contributed by atoms with Crippen molar-refractivity contribution in [2.24, 2.45) is 7.05 Å². The maximum atomic E-state index is 12.0. The van der Waals surface area contributed by atoms with Gasteiger partial charge in [-0.15, -0.1) is 0 Å². The number of hydrogen-bond acceptors (Lipinski definition) is 2. The van der Waals surface area contributed by atoms with Crippen molar-refractivity contribution in [1.82, 2.24) is 4.57 Å². The molecule has 0 aliphatic rings. The van der Waals surface area contributed by atoms with E-state index >= 15 is 0 Å². The van der Waals surface area contributed by atoms with E-state index in [0.29, 0.717) is 5.69 Å². The second kappa shape index (κ2) is 5.61. The van der Waals surface area contributed by atoms with E-state index in [1.165, 1.54) is 0 Å². The van der Waals surface area contributed by atoms with E-state index in [-0.39, 0.29) is 12.0 Å². The van der Waals surface area contributed by atoms with Gasteiger partial charge in [0.15, 0.2) is 0 Å². The van der Waals surface area contributed by atoms with E-state index in [2.05, 4.69) is 5.32 Å². The van der Waals surface area contributed by atoms with E-state index in [0.717, 1.165) is 11.4 Å². The minimum atomic E-state index is -0.120. The summed E-state index contributed by atoms with van der Waals surface area (Å²) < 4.78 is 7.33. The Hall–Kier alpha value is -2.23. The Kier molecular flexibility index (Phi) is 3.90. The zero-order valence-corrected chi connectivity index (χ0v) is 11.4. The summed E-state index contributed by atoms with van der Waals surface area (Å²) in [4.78, 5) is 12.0. The first-order valence-corrected chi connectivity index (χ1v) is 6.25. The largest absolute Gasteiger partial charge is 0.491 e. The third-order valence-electron chi connectivity index (χ3n) is 2.66. The van der Waals surface area contributed by atoms with Gasteiger partial charge in [0, 0.05) is 18.9 Å². The average Bonchev–Trinajstić information content (AvgIpc) is 2.77. The van der Waals surface area contributed by atoms with Crippen molar-refractivity contribution in [3.05, 3.63) is 48.3 Å². The summed E-state index contributed by atoms with van der Waals surface area (Å²) in [5.74, 6) is 0.678. The van der Waals surface area contributed by atoms with Crippen LogP contribution >= 0.6 is 0 Å². The van der Waals surface area contributed by atoms with Crippen LogP contribution in [0.2, 0.25) is 0 Å². The summed E-state index contributed by atoms with van der Waals surface area (Å²) in [5.41, 5.74) is 1.38. The van der Waals surface area contributed by atoms with E-state index in [4.69, 9.17) is 4.74 Å². The van der Waals surface area contributed by atoms with Crippen molar-refractivity contribution < 1.29 is 9.53 Å². The lowest BCUT2D eigenvalue weighted by molar-refractivity contribution is 0.101. The molecular formula is C15H18N2O2. The highest BCUT2D eigenvalue weighted by molar-refractivity contribution is 6.03. The van der Waals surface area contributed by atoms with Crippen molar-refractivity contribution in [2.45, 2.75) is 20.0 Å². The average molecular weight is 258 g/mol. The summed E-state index contributed by atoms with van der Waals surface area (Å²) in [6, 6.07) is 11.0. The third kappa shape index (κ3) is 3.37. The Balaban J connectivity index is 2.04. The van der Waals surface area contributed by atoms with Gasteiger partial charge in [-0.1, -0.05) is 0 Å². The molecule has 0 atom stereocenters. The number of anilines is 1. The van der Waals surface area contributed by atoms with E-state index in [1.54, 1.807) is 10.6 Å². The van der Waals surface area contributed by atoms with Gasteiger partial charge in [-0.05, 0) is 50.2 Å². The van der Waals surface area contributed by atoms with E-state index in [9.17, 15) is 4.79 Å². The lowest BCUT2D eigenvalue weighted by Gasteiger charge is -2.10. The second-order valence-corrected chi connectivity index (χ2v) is 4.65. The molecule has 19 heavy (non-hydrogen) atoms. The van der Waals surface area contributed by atoms with Crippen LogP contribution in [0, 0.1) is 0 Å². The molecular weight excluding hydrogens is 240 g/mol. The molecule has 0 saturated heterocycles. The molecule has 0 fully saturated rings. The Morgan fingerprint density at radius 2 is 1.89 bits per heavy atom. The van der Waals surface area contributed by atoms with Gasteiger partial charge < -0.3 is 14.6 Å². The van der Waals surface area contributed by atoms with Gasteiger partial charge in [0.05, 0.1) is 6.10 Å². The van der Waals surface area contributed by atoms with Gasteiger partial charge in [-0.25, -0.2) is 0 Å². The number of carbonyl (C=O) groups is 1. The lowest BCUT2D eigenvalue weighted by atomic mass is 10.3. The maximum absolute atomic E-state index is 12.0. The van der Waals surface area contributed by atoms with Crippen LogP contribution in [0.4, 0.5) is 5.69 Å². The van der Waals surface area contributed by atoms with Crippen molar-refractivity contribution in [3.8, 4) is 5.75 Å². The standard InChI is InChI=1S/C15H18N2O2/c1-11(2)19-13-8-6-12(7-9-13)16-15(18)14-5-4-10-17(14)3/h4-11H,1-3H3,(H,16,18). The highest BCUT2D eigenvalue weighted by atomic mass is 16.5. The SMILES string of the molecule is CC(C)Oc1ccc(NC(=O)c2cccn2C)cc1. The minimum absolute atomic E-state index is 0.120. The van der Waals surface area contributed by atoms with E-state index < -0.39 is 0 Å². The second-order valence-electron chi connectivity index (χ2n) is 4.65. The van der Waals surface area contributed by atoms with Crippen LogP contribution in [-0.4, -0.2) is 16.6 Å². The van der Waals surface area contributed by atoms with Crippen molar-refractivity contribution >= 4 is 11.6 Å². The van der Waals surface area contributed by atoms with Crippen LogP contribution in [0.5, 0.6) is 5.75 Å². The number of hydrogen-bond donors (Lipinski definition) is 1. The van der Waals surface area contributed by atoms with Crippen molar-refractivity contribution in [1.29, 1.82) is 0 Å². The summed E-state index contributed by atoms with van der Waals surface area (Å²) in [5, 5.41) is 2.85. The number of aryl methyl sites for hydroxylation is 1. The number of aromatic nitrogens is 1. The molecule has 1 amide bonds. The quantitative estimate of drug-likeness (QED) is 0.915. The molecule has 1 aromatic carbocycles. The topological polar surface area (TPSA) is 43.3 Å². The number of benzene rings is 1. The third-order valence-corrected chi connectivity index (χ3v) is 2.66. The molecule has 100 valence electrons. The normalized spacial score (nSPS) is 10.5. The van der Waals surface area contributed by atoms with Crippen LogP contribution in [-0.2, 0) is 7.05 Å². The molecule has 0 bridgehead atoms. The molecule has 1 aromatic heterocycles. The Morgan fingerprint density at radius 3 is 2.42 bits per heavy atom. The summed E-state index contributed by atoms with van der Waals surface area (Å²) in [6.45, 7) is 3.95. The number of carbonyl (C=O) groups excluding carboxylic acids is 1. The van der Waals surface area contributed by atoms with Crippen LogP contribution in [0.1, 0.15) is 24.3 Å². The summed E-state index contributed by atoms with van der Waals surface area (Å²) in [7, 11) is 1.84. The Bertz CT molecular complexity index is 556. The van der Waals surface area contributed by atoms with Crippen LogP contribution < -0.4 is 10.1 Å². The highest BCUT2D eigenvalue weighted by Crippen LogP contribution is 2.17. The first-order chi connectivity index (χ1) is 9.06. The van der Waals surface area contributed by atoms with Gasteiger partial charge in [0.25, 0.3) is 5.91 Å². The predicted octanol–water partition coefficient (Wildman–Crippen LogP) is 3.06. The molecule has 0 radical (unpaired) electrons. The molecule has 4 heteroatoms. The van der Waals surface area contributed by atoms with Crippen LogP contribution in [0.3, 0.4) is 0 Å². The fraction of sp³-hybridized carbons (Fsp3) is 0.267. The number of ether oxygens (including phenoxy) is 1. The smallest absolute Gasteiger partial charge is 0.272 e. The number of nitrogens with one attached hydrogen (secondary N) is 1. The molecule has 1 N–H and O–H groups in total. The molecule has 4 nitrogen and oxygen atoms in total. The van der Waals surface area contributed by atoms with Gasteiger partial charge in [0.1, 0.15) is 11.4 Å². The van der Waals surface area contributed by atoms with Crippen LogP contribution in [0.15, 0.2) is 42.6 Å². The van der Waals surface area contributed by atoms with Crippen molar-refractivity contribution in [2.75, 3.05) is 5.32 Å². The minimum Gasteiger partial charge on any atom is -0.491 e. The molecule has 2 rings (SSSR count). The molecule has 0 aliphatic heterocycles. The van der Waals surface area contributed by atoms with Gasteiger partial charge in [-0.3, -0.25) is 4.79 Å². The highest BCUT2D eigenvalue weighted by Gasteiger charge is 2.08. The molecule has 2 aromatic rings. The number of rotatable bonds is 4. The zero-order valence-electron chi connectivity index (χ0n) is 11.4. The fourth-order valence-corrected chi connectivity index (χ4v) is 1.78. The summed E-state index contributed by atoms with van der Waals surface area (Å²) >= 11 is 0. The predicted molar refractivity (Wildman–Crippen MR) is 75.6 cm³/mol. The lowest BCUT2D eigenvalue weighted by Crippen LogP contribution is -2.15. The van der Waals surface area contributed by atoms with Crippen molar-refractivity contribution in [3.63, 3.8) is 0 Å². The maximum Gasteiger partial charge on any atom is 0.272 e. The monoisotopic (exact) mass is 258 g/mol. The van der Waals surface area contributed by atoms with Gasteiger partial charge in [0.2, 0.25) is 0 Å². The summed E-state index contributed by atoms with van der Waals surface area (Å²) in [6.07, 6.45) is 1.98. The van der Waals surface area contributed by atoms with Gasteiger partial charge >= 0.3 is 0 Å². The van der Waals surface area contributed by atoms with E-state index in [1.807, 2.05) is 57.4 Å². The van der Waals surface area contributed by atoms with Crippen LogP contribution in [0.25, 0.3) is 0 Å². The molecule has 0 spiro atoms. The first-order valence-electron chi connectivity index (χ1n) is 6.25. The molecule has 1 heterocycles.